The standard InChI is InChI=1S/C22H36O8/c1-20(2)29-17-15-27-13-11-25-9-7-24-8-10-26-12-14-28-16-18-30-22-5-3-21(19-23)4-6-22/h3-6,19-20H,7-18H2,1-2H3. The predicted octanol–water partition coefficient (Wildman–Crippen LogP) is 2.39. The number of aldehydes is 1. The molecular weight excluding hydrogens is 392 g/mol. The summed E-state index contributed by atoms with van der Waals surface area (Å²) in [6.45, 7) is 10.3. The lowest BCUT2D eigenvalue weighted by atomic mass is 10.2. The van der Waals surface area contributed by atoms with Crippen LogP contribution in [0.3, 0.4) is 0 Å². The van der Waals surface area contributed by atoms with Crippen LogP contribution < -0.4 is 4.74 Å². The molecule has 0 bridgehead atoms. The minimum atomic E-state index is 0.235. The van der Waals surface area contributed by atoms with Gasteiger partial charge in [0, 0.05) is 5.56 Å². The average molecular weight is 429 g/mol. The molecule has 0 amide bonds. The topological polar surface area (TPSA) is 81.7 Å². The molecule has 0 aliphatic carbocycles. The van der Waals surface area contributed by atoms with Crippen molar-refractivity contribution in [3.05, 3.63) is 29.8 Å². The molecule has 0 radical (unpaired) electrons. The van der Waals surface area contributed by atoms with Crippen LogP contribution in [0.15, 0.2) is 24.3 Å². The maximum Gasteiger partial charge on any atom is 0.150 e. The number of hydrogen-bond acceptors (Lipinski definition) is 8. The van der Waals surface area contributed by atoms with E-state index in [-0.39, 0.29) is 6.10 Å². The summed E-state index contributed by atoms with van der Waals surface area (Å²) in [4.78, 5) is 10.6. The fourth-order valence-electron chi connectivity index (χ4n) is 2.19. The van der Waals surface area contributed by atoms with E-state index in [2.05, 4.69) is 0 Å². The third-order valence-electron chi connectivity index (χ3n) is 3.68. The molecule has 1 aromatic carbocycles. The molecule has 0 N–H and O–H groups in total. The number of rotatable bonds is 21. The summed E-state index contributed by atoms with van der Waals surface area (Å²) in [5.74, 6) is 0.713. The van der Waals surface area contributed by atoms with Crippen LogP contribution in [-0.4, -0.2) is 91.7 Å². The van der Waals surface area contributed by atoms with Gasteiger partial charge in [-0.25, -0.2) is 0 Å². The molecule has 0 spiro atoms. The summed E-state index contributed by atoms with van der Waals surface area (Å²) in [6.07, 6.45) is 1.04. The molecule has 0 atom stereocenters. The average Bonchev–Trinajstić information content (AvgIpc) is 2.75. The molecule has 8 nitrogen and oxygen atoms in total. The van der Waals surface area contributed by atoms with Gasteiger partial charge in [-0.2, -0.15) is 0 Å². The van der Waals surface area contributed by atoms with Gasteiger partial charge in [-0.3, -0.25) is 4.79 Å². The van der Waals surface area contributed by atoms with Crippen molar-refractivity contribution in [1.82, 2.24) is 0 Å². The number of benzene rings is 1. The second kappa shape index (κ2) is 19.4. The van der Waals surface area contributed by atoms with E-state index < -0.39 is 0 Å². The van der Waals surface area contributed by atoms with E-state index in [4.69, 9.17) is 33.2 Å². The van der Waals surface area contributed by atoms with Gasteiger partial charge >= 0.3 is 0 Å². The lowest BCUT2D eigenvalue weighted by molar-refractivity contribution is -0.0219. The largest absolute Gasteiger partial charge is 0.491 e. The summed E-state index contributed by atoms with van der Waals surface area (Å²) in [6, 6.07) is 6.95. The maximum absolute atomic E-state index is 10.6. The number of carbonyl (C=O) groups excluding carboxylic acids is 1. The van der Waals surface area contributed by atoms with Crippen molar-refractivity contribution in [3.8, 4) is 5.75 Å². The van der Waals surface area contributed by atoms with Crippen molar-refractivity contribution in [2.24, 2.45) is 0 Å². The quantitative estimate of drug-likeness (QED) is 0.218. The molecule has 0 aromatic heterocycles. The molecule has 8 heteroatoms. The smallest absolute Gasteiger partial charge is 0.150 e. The highest BCUT2D eigenvalue weighted by Crippen LogP contribution is 2.10. The molecular formula is C22H36O8. The highest BCUT2D eigenvalue weighted by atomic mass is 16.6. The highest BCUT2D eigenvalue weighted by molar-refractivity contribution is 5.74. The Kier molecular flexibility index (Phi) is 17.1. The van der Waals surface area contributed by atoms with E-state index in [1.165, 1.54) is 0 Å². The molecule has 0 aliphatic rings. The van der Waals surface area contributed by atoms with E-state index in [0.29, 0.717) is 90.6 Å². The molecule has 1 rings (SSSR count). The summed E-state index contributed by atoms with van der Waals surface area (Å²) in [5, 5.41) is 0. The third-order valence-corrected chi connectivity index (χ3v) is 3.68. The molecule has 0 saturated heterocycles. The SMILES string of the molecule is CC(C)OCCOCCOCCOCCOCCOCCOc1ccc(C=O)cc1. The Hall–Kier alpha value is -1.55. The predicted molar refractivity (Wildman–Crippen MR) is 113 cm³/mol. The van der Waals surface area contributed by atoms with Crippen LogP contribution >= 0.6 is 0 Å². The summed E-state index contributed by atoms with van der Waals surface area (Å²) in [7, 11) is 0. The molecule has 172 valence electrons. The van der Waals surface area contributed by atoms with Crippen LogP contribution in [-0.2, 0) is 28.4 Å². The van der Waals surface area contributed by atoms with Crippen LogP contribution in [0.4, 0.5) is 0 Å². The minimum Gasteiger partial charge on any atom is -0.491 e. The second-order valence-electron chi connectivity index (χ2n) is 6.52. The van der Waals surface area contributed by atoms with Gasteiger partial charge in [0.05, 0.1) is 78.8 Å². The van der Waals surface area contributed by atoms with Gasteiger partial charge < -0.3 is 33.2 Å². The molecule has 1 aromatic rings. The summed E-state index contributed by atoms with van der Waals surface area (Å²) in [5.41, 5.74) is 0.626. The Morgan fingerprint density at radius 3 is 1.43 bits per heavy atom. The Morgan fingerprint density at radius 1 is 0.633 bits per heavy atom. The van der Waals surface area contributed by atoms with Crippen molar-refractivity contribution in [1.29, 1.82) is 0 Å². The monoisotopic (exact) mass is 428 g/mol. The fourth-order valence-corrected chi connectivity index (χ4v) is 2.19. The van der Waals surface area contributed by atoms with Crippen molar-refractivity contribution in [2.75, 3.05) is 79.3 Å². The van der Waals surface area contributed by atoms with Crippen LogP contribution in [0.2, 0.25) is 0 Å². The third kappa shape index (κ3) is 16.3. The molecule has 0 aliphatic heterocycles. The first-order valence-corrected chi connectivity index (χ1v) is 10.4. The van der Waals surface area contributed by atoms with E-state index in [1.807, 2.05) is 13.8 Å². The van der Waals surface area contributed by atoms with E-state index in [1.54, 1.807) is 24.3 Å². The fraction of sp³-hybridized carbons (Fsp3) is 0.682. The lowest BCUT2D eigenvalue weighted by Crippen LogP contribution is -2.15. The number of hydrogen-bond donors (Lipinski definition) is 0. The zero-order valence-corrected chi connectivity index (χ0v) is 18.2. The first kappa shape index (κ1) is 26.5. The molecule has 0 fully saturated rings. The Balaban J connectivity index is 1.73. The Morgan fingerprint density at radius 2 is 1.03 bits per heavy atom. The minimum absolute atomic E-state index is 0.235. The second-order valence-corrected chi connectivity index (χ2v) is 6.52. The lowest BCUT2D eigenvalue weighted by Gasteiger charge is -2.09. The van der Waals surface area contributed by atoms with Crippen LogP contribution in [0, 0.1) is 0 Å². The number of ether oxygens (including phenoxy) is 7. The van der Waals surface area contributed by atoms with Gasteiger partial charge in [-0.05, 0) is 38.1 Å². The van der Waals surface area contributed by atoms with Gasteiger partial charge in [-0.15, -0.1) is 0 Å². The first-order valence-electron chi connectivity index (χ1n) is 10.4. The van der Waals surface area contributed by atoms with Crippen molar-refractivity contribution in [3.63, 3.8) is 0 Å². The zero-order chi connectivity index (χ0) is 21.7. The summed E-state index contributed by atoms with van der Waals surface area (Å²) >= 11 is 0. The van der Waals surface area contributed by atoms with Crippen LogP contribution in [0.1, 0.15) is 24.2 Å². The zero-order valence-electron chi connectivity index (χ0n) is 18.2. The molecule has 30 heavy (non-hydrogen) atoms. The highest BCUT2D eigenvalue weighted by Gasteiger charge is 1.97. The molecule has 0 heterocycles. The van der Waals surface area contributed by atoms with Crippen LogP contribution in [0.25, 0.3) is 0 Å². The Bertz CT molecular complexity index is 506. The van der Waals surface area contributed by atoms with E-state index in [9.17, 15) is 4.79 Å². The van der Waals surface area contributed by atoms with E-state index in [0.717, 1.165) is 6.29 Å². The van der Waals surface area contributed by atoms with Crippen molar-refractivity contribution < 1.29 is 38.0 Å². The molecule has 0 unspecified atom stereocenters. The number of carbonyl (C=O) groups is 1. The molecule has 0 saturated carbocycles. The maximum atomic E-state index is 10.6. The summed E-state index contributed by atoms with van der Waals surface area (Å²) < 4.78 is 38.0. The van der Waals surface area contributed by atoms with Crippen LogP contribution in [0.5, 0.6) is 5.75 Å². The van der Waals surface area contributed by atoms with Gasteiger partial charge in [-0.1, -0.05) is 0 Å². The van der Waals surface area contributed by atoms with Gasteiger partial charge in [0.2, 0.25) is 0 Å². The van der Waals surface area contributed by atoms with Gasteiger partial charge in [0.25, 0.3) is 0 Å². The van der Waals surface area contributed by atoms with E-state index >= 15 is 0 Å². The van der Waals surface area contributed by atoms with Crippen molar-refractivity contribution in [2.45, 2.75) is 20.0 Å². The van der Waals surface area contributed by atoms with Gasteiger partial charge in [0.15, 0.2) is 0 Å². The van der Waals surface area contributed by atoms with Gasteiger partial charge in [0.1, 0.15) is 18.6 Å². The Labute approximate surface area is 179 Å². The normalized spacial score (nSPS) is 11.2. The van der Waals surface area contributed by atoms with Crippen molar-refractivity contribution >= 4 is 6.29 Å². The first-order chi connectivity index (χ1) is 14.7.